The third-order valence-electron chi connectivity index (χ3n) is 9.32. The molecule has 1 aromatic rings. The largest absolute Gasteiger partial charge is 0.322 e. The Hall–Kier alpha value is -1.81. The number of urea groups is 1. The minimum absolute atomic E-state index is 0.0560. The van der Waals surface area contributed by atoms with Crippen LogP contribution in [0.5, 0.6) is 0 Å². The average molecular weight is 496 g/mol. The van der Waals surface area contributed by atoms with Gasteiger partial charge in [0.05, 0.1) is 0 Å². The average Bonchev–Trinajstić information content (AvgIpc) is 2.84. The van der Waals surface area contributed by atoms with Crippen LogP contribution >= 0.6 is 0 Å². The molecule has 4 heteroatoms. The van der Waals surface area contributed by atoms with E-state index in [1.165, 1.54) is 23.1 Å². The standard InChI is InChI=1S/C32H53N3O/c1-10-34(11-2)19-13-14-24(7)35(21-25-17-18-26-20-29(25)32(26,8)9)31(36)33-30-27(22(3)4)15-12-16-28(30)23(5)6/h12,15-17,22-24,26,29H,10-11,13-14,18-21H2,1-9H3,(H,33,36). The van der Waals surface area contributed by atoms with Crippen LogP contribution in [0, 0.1) is 17.3 Å². The molecule has 1 N–H and O–H groups in total. The van der Waals surface area contributed by atoms with Crippen LogP contribution < -0.4 is 5.32 Å². The first-order chi connectivity index (χ1) is 17.0. The Morgan fingerprint density at radius 2 is 1.67 bits per heavy atom. The van der Waals surface area contributed by atoms with E-state index >= 15 is 0 Å². The number of hydrogen-bond donors (Lipinski definition) is 1. The van der Waals surface area contributed by atoms with Crippen molar-refractivity contribution >= 4 is 11.7 Å². The van der Waals surface area contributed by atoms with Gasteiger partial charge in [0, 0.05) is 18.3 Å². The molecule has 4 rings (SSSR count). The van der Waals surface area contributed by atoms with Crippen LogP contribution in [0.2, 0.25) is 0 Å². The van der Waals surface area contributed by atoms with Gasteiger partial charge in [-0.1, -0.05) is 85.2 Å². The number of amides is 2. The van der Waals surface area contributed by atoms with Gasteiger partial charge in [0.1, 0.15) is 0 Å². The first-order valence-electron chi connectivity index (χ1n) is 14.6. The van der Waals surface area contributed by atoms with Gasteiger partial charge in [-0.25, -0.2) is 4.79 Å². The van der Waals surface area contributed by atoms with Gasteiger partial charge in [-0.3, -0.25) is 0 Å². The summed E-state index contributed by atoms with van der Waals surface area (Å²) in [5.74, 6) is 2.13. The van der Waals surface area contributed by atoms with E-state index in [2.05, 4.69) is 102 Å². The molecule has 0 heterocycles. The van der Waals surface area contributed by atoms with Gasteiger partial charge < -0.3 is 15.1 Å². The Labute approximate surface area is 221 Å². The Morgan fingerprint density at radius 3 is 2.17 bits per heavy atom. The number of nitrogens with zero attached hydrogens (tertiary/aromatic N) is 2. The van der Waals surface area contributed by atoms with Crippen molar-refractivity contribution in [2.75, 3.05) is 31.5 Å². The molecule has 3 unspecified atom stereocenters. The number of carbonyl (C=O) groups excluding carboxylic acids is 1. The number of rotatable bonds is 12. The molecule has 0 aliphatic heterocycles. The number of anilines is 1. The van der Waals surface area contributed by atoms with Crippen LogP contribution in [0.1, 0.15) is 111 Å². The van der Waals surface area contributed by atoms with Crippen LogP contribution in [-0.2, 0) is 0 Å². The third kappa shape index (κ3) is 6.18. The van der Waals surface area contributed by atoms with Gasteiger partial charge in [0.15, 0.2) is 0 Å². The maximum Gasteiger partial charge on any atom is 0.322 e. The molecule has 4 nitrogen and oxygen atoms in total. The number of carbonyl (C=O) groups is 1. The van der Waals surface area contributed by atoms with E-state index < -0.39 is 0 Å². The minimum Gasteiger partial charge on any atom is -0.318 e. The van der Waals surface area contributed by atoms with Crippen LogP contribution in [0.3, 0.4) is 0 Å². The fourth-order valence-corrected chi connectivity index (χ4v) is 6.46. The number of hydrogen-bond acceptors (Lipinski definition) is 2. The Bertz CT molecular complexity index is 886. The van der Waals surface area contributed by atoms with Crippen molar-refractivity contribution in [2.45, 2.75) is 106 Å². The summed E-state index contributed by atoms with van der Waals surface area (Å²) in [6.45, 7) is 24.4. The highest BCUT2D eigenvalue weighted by Crippen LogP contribution is 2.59. The van der Waals surface area contributed by atoms with Crippen LogP contribution in [0.4, 0.5) is 10.5 Å². The molecule has 0 aromatic heterocycles. The third-order valence-corrected chi connectivity index (χ3v) is 9.32. The second-order valence-electron chi connectivity index (χ2n) is 12.5. The lowest BCUT2D eigenvalue weighted by Crippen LogP contribution is -2.51. The fraction of sp³-hybridized carbons (Fsp3) is 0.719. The summed E-state index contributed by atoms with van der Waals surface area (Å²) in [6.07, 6.45) is 7.05. The molecule has 3 atom stereocenters. The van der Waals surface area contributed by atoms with E-state index in [0.717, 1.165) is 57.0 Å². The Kier molecular flexibility index (Phi) is 9.71. The topological polar surface area (TPSA) is 35.6 Å². The summed E-state index contributed by atoms with van der Waals surface area (Å²) in [4.78, 5) is 18.7. The molecule has 1 fully saturated rings. The summed E-state index contributed by atoms with van der Waals surface area (Å²) in [7, 11) is 0. The summed E-state index contributed by atoms with van der Waals surface area (Å²) in [5, 5.41) is 3.43. The van der Waals surface area contributed by atoms with Gasteiger partial charge >= 0.3 is 6.03 Å². The van der Waals surface area contributed by atoms with E-state index in [1.54, 1.807) is 0 Å². The molecular weight excluding hydrogens is 442 g/mol. The molecule has 36 heavy (non-hydrogen) atoms. The SMILES string of the molecule is CCN(CC)CCCC(C)N(CC1=CCC2CC1C2(C)C)C(=O)Nc1c(C(C)C)cccc1C(C)C. The molecule has 1 saturated carbocycles. The maximum atomic E-state index is 14.0. The van der Waals surface area contributed by atoms with Crippen molar-refractivity contribution in [2.24, 2.45) is 17.3 Å². The Balaban J connectivity index is 1.84. The normalized spacial score (nSPS) is 21.4. The Morgan fingerprint density at radius 1 is 1.06 bits per heavy atom. The number of nitrogens with one attached hydrogen (secondary N) is 1. The van der Waals surface area contributed by atoms with Gasteiger partial charge in [-0.2, -0.15) is 0 Å². The van der Waals surface area contributed by atoms with Crippen LogP contribution in [0.25, 0.3) is 0 Å². The van der Waals surface area contributed by atoms with Crippen molar-refractivity contribution in [1.29, 1.82) is 0 Å². The smallest absolute Gasteiger partial charge is 0.318 e. The molecule has 0 spiro atoms. The number of fused-ring (bicyclic) bond motifs is 1. The van der Waals surface area contributed by atoms with Crippen molar-refractivity contribution in [3.05, 3.63) is 41.0 Å². The van der Waals surface area contributed by atoms with E-state index in [0.29, 0.717) is 23.2 Å². The second kappa shape index (κ2) is 12.2. The second-order valence-corrected chi connectivity index (χ2v) is 12.5. The van der Waals surface area contributed by atoms with Gasteiger partial charge in [0.2, 0.25) is 0 Å². The van der Waals surface area contributed by atoms with Crippen molar-refractivity contribution in [3.8, 4) is 0 Å². The van der Waals surface area contributed by atoms with Crippen LogP contribution in [-0.4, -0.2) is 48.1 Å². The highest BCUT2D eigenvalue weighted by atomic mass is 16.2. The molecule has 2 bridgehead atoms. The number of benzene rings is 1. The first-order valence-corrected chi connectivity index (χ1v) is 14.6. The summed E-state index contributed by atoms with van der Waals surface area (Å²) in [5.41, 5.74) is 5.32. The quantitative estimate of drug-likeness (QED) is 0.296. The highest BCUT2D eigenvalue weighted by molar-refractivity contribution is 5.92. The molecule has 0 saturated heterocycles. The van der Waals surface area contributed by atoms with Gasteiger partial charge in [-0.15, -0.1) is 0 Å². The predicted molar refractivity (Wildman–Crippen MR) is 155 cm³/mol. The summed E-state index contributed by atoms with van der Waals surface area (Å²) < 4.78 is 0. The van der Waals surface area contributed by atoms with Gasteiger partial charge in [0.25, 0.3) is 0 Å². The van der Waals surface area contributed by atoms with E-state index in [4.69, 9.17) is 0 Å². The number of para-hydroxylation sites is 1. The molecular formula is C32H53N3O. The van der Waals surface area contributed by atoms with Crippen molar-refractivity contribution in [3.63, 3.8) is 0 Å². The molecule has 0 radical (unpaired) electrons. The zero-order valence-corrected chi connectivity index (χ0v) is 24.7. The fourth-order valence-electron chi connectivity index (χ4n) is 6.46. The molecule has 3 aliphatic rings. The highest BCUT2D eigenvalue weighted by Gasteiger charge is 2.51. The van der Waals surface area contributed by atoms with E-state index in [9.17, 15) is 4.79 Å². The molecule has 2 amide bonds. The first kappa shape index (κ1) is 28.8. The lowest BCUT2D eigenvalue weighted by Gasteiger charge is -2.57. The number of allylic oxidation sites excluding steroid dienone is 1. The maximum absolute atomic E-state index is 14.0. The summed E-state index contributed by atoms with van der Waals surface area (Å²) in [6, 6.07) is 6.72. The molecule has 202 valence electrons. The van der Waals surface area contributed by atoms with Crippen molar-refractivity contribution < 1.29 is 4.79 Å². The van der Waals surface area contributed by atoms with E-state index in [1.807, 2.05) is 0 Å². The zero-order chi connectivity index (χ0) is 26.6. The molecule has 1 aromatic carbocycles. The summed E-state index contributed by atoms with van der Waals surface area (Å²) >= 11 is 0. The minimum atomic E-state index is 0.0560. The monoisotopic (exact) mass is 495 g/mol. The van der Waals surface area contributed by atoms with E-state index in [-0.39, 0.29) is 12.1 Å². The molecule has 3 aliphatic carbocycles. The predicted octanol–water partition coefficient (Wildman–Crippen LogP) is 8.27. The zero-order valence-electron chi connectivity index (χ0n) is 24.7. The van der Waals surface area contributed by atoms with Crippen LogP contribution in [0.15, 0.2) is 29.8 Å². The lowest BCUT2D eigenvalue weighted by molar-refractivity contribution is -0.0103. The lowest BCUT2D eigenvalue weighted by atomic mass is 9.49. The van der Waals surface area contributed by atoms with Gasteiger partial charge in [-0.05, 0) is 92.5 Å². The van der Waals surface area contributed by atoms with Crippen molar-refractivity contribution in [1.82, 2.24) is 9.80 Å².